The standard InChI is InChI=1S/C14H17N3O/c1-14(15)8-17(9-14)13-12-7-11(18-2)4-3-10(12)5-6-16-13/h3-7H,8-9,15H2,1-2H3. The molecule has 94 valence electrons. The van der Waals surface area contributed by atoms with Gasteiger partial charge < -0.3 is 15.4 Å². The first-order valence-electron chi connectivity index (χ1n) is 6.06. The van der Waals surface area contributed by atoms with Gasteiger partial charge in [0.25, 0.3) is 0 Å². The Labute approximate surface area is 106 Å². The van der Waals surface area contributed by atoms with Crippen molar-refractivity contribution >= 4 is 16.6 Å². The summed E-state index contributed by atoms with van der Waals surface area (Å²) in [5.41, 5.74) is 5.96. The summed E-state index contributed by atoms with van der Waals surface area (Å²) in [7, 11) is 1.68. The lowest BCUT2D eigenvalue weighted by molar-refractivity contribution is 0.363. The zero-order valence-electron chi connectivity index (χ0n) is 10.7. The molecule has 0 aliphatic carbocycles. The third-order valence-corrected chi connectivity index (χ3v) is 3.36. The van der Waals surface area contributed by atoms with Crippen LogP contribution in [-0.4, -0.2) is 30.7 Å². The Morgan fingerprint density at radius 2 is 2.11 bits per heavy atom. The lowest BCUT2D eigenvalue weighted by atomic mass is 9.93. The molecule has 2 N–H and O–H groups in total. The van der Waals surface area contributed by atoms with Crippen molar-refractivity contribution in [1.29, 1.82) is 0 Å². The lowest BCUT2D eigenvalue weighted by Crippen LogP contribution is -2.65. The molecule has 0 unspecified atom stereocenters. The predicted octanol–water partition coefficient (Wildman–Crippen LogP) is 1.78. The molecule has 2 aromatic rings. The van der Waals surface area contributed by atoms with Crippen molar-refractivity contribution in [2.24, 2.45) is 5.73 Å². The van der Waals surface area contributed by atoms with Crippen molar-refractivity contribution in [3.8, 4) is 5.75 Å². The third-order valence-electron chi connectivity index (χ3n) is 3.36. The van der Waals surface area contributed by atoms with Gasteiger partial charge in [-0.1, -0.05) is 6.07 Å². The number of nitrogens with zero attached hydrogens (tertiary/aromatic N) is 2. The van der Waals surface area contributed by atoms with E-state index in [4.69, 9.17) is 10.5 Å². The van der Waals surface area contributed by atoms with Crippen LogP contribution in [0, 0.1) is 0 Å². The van der Waals surface area contributed by atoms with Gasteiger partial charge in [-0.2, -0.15) is 0 Å². The number of hydrogen-bond acceptors (Lipinski definition) is 4. The molecule has 4 heteroatoms. The molecule has 1 aromatic heterocycles. The number of anilines is 1. The van der Waals surface area contributed by atoms with Crippen molar-refractivity contribution in [3.05, 3.63) is 30.5 Å². The molecule has 1 fully saturated rings. The second-order valence-electron chi connectivity index (χ2n) is 5.23. The van der Waals surface area contributed by atoms with Crippen LogP contribution in [-0.2, 0) is 0 Å². The van der Waals surface area contributed by atoms with E-state index in [2.05, 4.69) is 22.9 Å². The smallest absolute Gasteiger partial charge is 0.136 e. The molecule has 2 heterocycles. The molecular weight excluding hydrogens is 226 g/mol. The van der Waals surface area contributed by atoms with Gasteiger partial charge in [0.05, 0.1) is 7.11 Å². The van der Waals surface area contributed by atoms with E-state index in [0.717, 1.165) is 30.0 Å². The van der Waals surface area contributed by atoms with Gasteiger partial charge in [-0.25, -0.2) is 4.98 Å². The molecule has 0 spiro atoms. The van der Waals surface area contributed by atoms with E-state index in [1.165, 1.54) is 5.39 Å². The molecule has 3 rings (SSSR count). The van der Waals surface area contributed by atoms with Crippen LogP contribution in [0.1, 0.15) is 6.92 Å². The quantitative estimate of drug-likeness (QED) is 0.873. The molecule has 4 nitrogen and oxygen atoms in total. The number of fused-ring (bicyclic) bond motifs is 1. The van der Waals surface area contributed by atoms with E-state index in [1.54, 1.807) is 7.11 Å². The van der Waals surface area contributed by atoms with Gasteiger partial charge in [0, 0.05) is 30.2 Å². The Morgan fingerprint density at radius 3 is 2.78 bits per heavy atom. The zero-order valence-corrected chi connectivity index (χ0v) is 10.7. The third kappa shape index (κ3) is 1.78. The summed E-state index contributed by atoms with van der Waals surface area (Å²) in [6.07, 6.45) is 1.84. The van der Waals surface area contributed by atoms with E-state index >= 15 is 0 Å². The summed E-state index contributed by atoms with van der Waals surface area (Å²) in [6, 6.07) is 8.07. The van der Waals surface area contributed by atoms with E-state index < -0.39 is 0 Å². The van der Waals surface area contributed by atoms with Gasteiger partial charge >= 0.3 is 0 Å². The van der Waals surface area contributed by atoms with Crippen LogP contribution in [0.15, 0.2) is 30.5 Å². The number of methoxy groups -OCH3 is 1. The average molecular weight is 243 g/mol. The summed E-state index contributed by atoms with van der Waals surface area (Å²) < 4.78 is 5.28. The molecule has 18 heavy (non-hydrogen) atoms. The Balaban J connectivity index is 2.06. The van der Waals surface area contributed by atoms with E-state index in [0.29, 0.717) is 0 Å². The first-order chi connectivity index (χ1) is 8.59. The summed E-state index contributed by atoms with van der Waals surface area (Å²) in [4.78, 5) is 6.69. The maximum atomic E-state index is 6.06. The summed E-state index contributed by atoms with van der Waals surface area (Å²) in [5, 5.41) is 2.29. The summed E-state index contributed by atoms with van der Waals surface area (Å²) in [6.45, 7) is 3.75. The van der Waals surface area contributed by atoms with E-state index in [-0.39, 0.29) is 5.54 Å². The number of rotatable bonds is 2. The predicted molar refractivity (Wildman–Crippen MR) is 73.1 cm³/mol. The van der Waals surface area contributed by atoms with E-state index in [1.807, 2.05) is 24.4 Å². The summed E-state index contributed by atoms with van der Waals surface area (Å²) >= 11 is 0. The fourth-order valence-electron chi connectivity index (χ4n) is 2.49. The molecule has 0 amide bonds. The highest BCUT2D eigenvalue weighted by Gasteiger charge is 2.36. The number of benzene rings is 1. The van der Waals surface area contributed by atoms with Gasteiger partial charge in [-0.3, -0.25) is 0 Å². The molecular formula is C14H17N3O. The average Bonchev–Trinajstić information content (AvgIpc) is 2.34. The van der Waals surface area contributed by atoms with Crippen LogP contribution in [0.25, 0.3) is 10.8 Å². The van der Waals surface area contributed by atoms with Crippen molar-refractivity contribution in [1.82, 2.24) is 4.98 Å². The second-order valence-corrected chi connectivity index (χ2v) is 5.23. The molecule has 1 aliphatic heterocycles. The topological polar surface area (TPSA) is 51.4 Å². The lowest BCUT2D eigenvalue weighted by Gasteiger charge is -2.46. The largest absolute Gasteiger partial charge is 0.497 e. The van der Waals surface area contributed by atoms with Crippen molar-refractivity contribution in [2.75, 3.05) is 25.1 Å². The van der Waals surface area contributed by atoms with Gasteiger partial charge in [0.15, 0.2) is 0 Å². The van der Waals surface area contributed by atoms with Crippen LogP contribution in [0.2, 0.25) is 0 Å². The van der Waals surface area contributed by atoms with Crippen LogP contribution in [0.3, 0.4) is 0 Å². The minimum absolute atomic E-state index is 0.0945. The Kier molecular flexibility index (Phi) is 2.41. The minimum atomic E-state index is -0.0945. The van der Waals surface area contributed by atoms with Gasteiger partial charge in [0.2, 0.25) is 0 Å². The first kappa shape index (κ1) is 11.3. The molecule has 0 radical (unpaired) electrons. The SMILES string of the molecule is COc1ccc2ccnc(N3CC(C)(N)C3)c2c1. The highest BCUT2D eigenvalue weighted by Crippen LogP contribution is 2.32. The first-order valence-corrected chi connectivity index (χ1v) is 6.06. The van der Waals surface area contributed by atoms with Gasteiger partial charge in [0.1, 0.15) is 11.6 Å². The van der Waals surface area contributed by atoms with E-state index in [9.17, 15) is 0 Å². The highest BCUT2D eigenvalue weighted by molar-refractivity contribution is 5.93. The van der Waals surface area contributed by atoms with Crippen molar-refractivity contribution in [3.63, 3.8) is 0 Å². The number of ether oxygens (including phenoxy) is 1. The van der Waals surface area contributed by atoms with Crippen LogP contribution < -0.4 is 15.4 Å². The maximum absolute atomic E-state index is 6.06. The number of aromatic nitrogens is 1. The monoisotopic (exact) mass is 243 g/mol. The molecule has 1 saturated heterocycles. The number of hydrogen-bond donors (Lipinski definition) is 1. The van der Waals surface area contributed by atoms with Gasteiger partial charge in [-0.15, -0.1) is 0 Å². The fourth-order valence-corrected chi connectivity index (χ4v) is 2.49. The normalized spacial score (nSPS) is 17.6. The van der Waals surface area contributed by atoms with Crippen molar-refractivity contribution in [2.45, 2.75) is 12.5 Å². The number of pyridine rings is 1. The Bertz CT molecular complexity index is 587. The molecule has 0 bridgehead atoms. The molecule has 0 atom stereocenters. The summed E-state index contributed by atoms with van der Waals surface area (Å²) in [5.74, 6) is 1.85. The Hall–Kier alpha value is -1.81. The van der Waals surface area contributed by atoms with Crippen LogP contribution >= 0.6 is 0 Å². The fraction of sp³-hybridized carbons (Fsp3) is 0.357. The molecule has 1 aromatic carbocycles. The Morgan fingerprint density at radius 1 is 1.33 bits per heavy atom. The van der Waals surface area contributed by atoms with Crippen molar-refractivity contribution < 1.29 is 4.74 Å². The molecule has 0 saturated carbocycles. The van der Waals surface area contributed by atoms with Crippen LogP contribution in [0.5, 0.6) is 5.75 Å². The molecule has 1 aliphatic rings. The van der Waals surface area contributed by atoms with Crippen LogP contribution in [0.4, 0.5) is 5.82 Å². The maximum Gasteiger partial charge on any atom is 0.136 e. The second kappa shape index (κ2) is 3.85. The minimum Gasteiger partial charge on any atom is -0.497 e. The van der Waals surface area contributed by atoms with Gasteiger partial charge in [-0.05, 0) is 30.5 Å². The number of nitrogens with two attached hydrogens (primary N) is 1. The highest BCUT2D eigenvalue weighted by atomic mass is 16.5. The zero-order chi connectivity index (χ0) is 12.8.